The molecule has 0 atom stereocenters. The second-order valence-corrected chi connectivity index (χ2v) is 9.08. The second kappa shape index (κ2) is 8.34. The van der Waals surface area contributed by atoms with Crippen molar-refractivity contribution >= 4 is 22.2 Å². The monoisotopic (exact) mass is 429 g/mol. The number of rotatable bonds is 5. The molecule has 0 fully saturated rings. The molecule has 0 bridgehead atoms. The normalized spacial score (nSPS) is 11.8. The molecular weight excluding hydrogens is 406 g/mol. The van der Waals surface area contributed by atoms with Gasteiger partial charge in [-0.05, 0) is 61.9 Å². The Morgan fingerprint density at radius 1 is 0.839 bits per heavy atom. The van der Waals surface area contributed by atoms with Crippen LogP contribution in [0.2, 0.25) is 0 Å². The molecule has 0 radical (unpaired) electrons. The zero-order valence-corrected chi connectivity index (χ0v) is 18.2. The van der Waals surface area contributed by atoms with Crippen LogP contribution < -0.4 is 5.14 Å². The Hall–Kier alpha value is -3.48. The van der Waals surface area contributed by atoms with Gasteiger partial charge in [-0.25, -0.2) is 18.2 Å². The van der Waals surface area contributed by atoms with Crippen LogP contribution in [0.1, 0.15) is 22.4 Å². The molecule has 156 valence electrons. The predicted octanol–water partition coefficient (Wildman–Crippen LogP) is 4.97. The third-order valence-corrected chi connectivity index (χ3v) is 5.87. The van der Waals surface area contributed by atoms with Crippen molar-refractivity contribution in [3.8, 4) is 16.9 Å². The number of nitrogens with zero attached hydrogens (tertiary/aromatic N) is 2. The highest BCUT2D eigenvalue weighted by Crippen LogP contribution is 2.26. The Labute approximate surface area is 182 Å². The van der Waals surface area contributed by atoms with Crippen LogP contribution in [0.15, 0.2) is 83.8 Å². The molecule has 4 aromatic rings. The van der Waals surface area contributed by atoms with Crippen LogP contribution in [-0.2, 0) is 10.0 Å². The van der Waals surface area contributed by atoms with Crippen LogP contribution in [0.4, 0.5) is 0 Å². The molecule has 0 spiro atoms. The summed E-state index contributed by atoms with van der Waals surface area (Å²) in [6.45, 7) is 4.11. The molecule has 0 aliphatic rings. The minimum atomic E-state index is -3.75. The molecule has 0 saturated heterocycles. The van der Waals surface area contributed by atoms with E-state index < -0.39 is 10.0 Å². The number of hydrogen-bond acceptors (Lipinski definition) is 3. The van der Waals surface area contributed by atoms with Crippen molar-refractivity contribution in [3.63, 3.8) is 0 Å². The fraction of sp³-hybridized carbons (Fsp3) is 0.0800. The fourth-order valence-electron chi connectivity index (χ4n) is 3.42. The van der Waals surface area contributed by atoms with Crippen molar-refractivity contribution in [2.75, 3.05) is 0 Å². The molecule has 5 nitrogen and oxygen atoms in total. The quantitative estimate of drug-likeness (QED) is 0.486. The summed E-state index contributed by atoms with van der Waals surface area (Å²) in [7, 11) is -3.75. The number of sulfonamides is 1. The first kappa shape index (κ1) is 20.8. The molecule has 0 unspecified atom stereocenters. The number of nitrogens with two attached hydrogens (primary N) is 1. The van der Waals surface area contributed by atoms with Gasteiger partial charge < -0.3 is 0 Å². The Kier molecular flexibility index (Phi) is 5.59. The molecular formula is C25H23N3O2S. The van der Waals surface area contributed by atoms with E-state index in [2.05, 4.69) is 25.1 Å². The van der Waals surface area contributed by atoms with Crippen molar-refractivity contribution in [1.82, 2.24) is 9.78 Å². The molecule has 0 aliphatic heterocycles. The van der Waals surface area contributed by atoms with E-state index >= 15 is 0 Å². The molecule has 31 heavy (non-hydrogen) atoms. The highest BCUT2D eigenvalue weighted by Gasteiger charge is 2.13. The molecule has 0 amide bonds. The van der Waals surface area contributed by atoms with Gasteiger partial charge in [0.15, 0.2) is 0 Å². The molecule has 0 aliphatic carbocycles. The maximum absolute atomic E-state index is 11.6. The molecule has 3 aromatic carbocycles. The maximum Gasteiger partial charge on any atom is 0.238 e. The zero-order chi connectivity index (χ0) is 22.0. The first-order valence-electron chi connectivity index (χ1n) is 9.85. The average Bonchev–Trinajstić information content (AvgIpc) is 3.16. The van der Waals surface area contributed by atoms with Crippen molar-refractivity contribution in [2.24, 2.45) is 5.14 Å². The van der Waals surface area contributed by atoms with E-state index in [1.165, 1.54) is 17.7 Å². The van der Waals surface area contributed by atoms with Crippen molar-refractivity contribution < 1.29 is 8.42 Å². The summed E-state index contributed by atoms with van der Waals surface area (Å²) in [6.07, 6.45) is 4.01. The highest BCUT2D eigenvalue weighted by atomic mass is 32.2. The Balaban J connectivity index is 1.79. The lowest BCUT2D eigenvalue weighted by atomic mass is 10.1. The number of hydrogen-bond donors (Lipinski definition) is 1. The SMILES string of the molecule is Cc1cccc(/C=C/c2cc(-c3cccc(C)c3)n(-c3ccc(S(N)(=O)=O)cc3)n2)c1. The van der Waals surface area contributed by atoms with Gasteiger partial charge in [-0.15, -0.1) is 0 Å². The second-order valence-electron chi connectivity index (χ2n) is 7.52. The molecule has 0 saturated carbocycles. The number of aromatic nitrogens is 2. The highest BCUT2D eigenvalue weighted by molar-refractivity contribution is 7.89. The van der Waals surface area contributed by atoms with Crippen LogP contribution in [0.3, 0.4) is 0 Å². The van der Waals surface area contributed by atoms with Gasteiger partial charge in [-0.3, -0.25) is 0 Å². The summed E-state index contributed by atoms with van der Waals surface area (Å²) >= 11 is 0. The summed E-state index contributed by atoms with van der Waals surface area (Å²) in [5, 5.41) is 10.00. The zero-order valence-electron chi connectivity index (χ0n) is 17.4. The fourth-order valence-corrected chi connectivity index (χ4v) is 3.94. The van der Waals surface area contributed by atoms with Gasteiger partial charge in [-0.1, -0.05) is 59.7 Å². The van der Waals surface area contributed by atoms with E-state index in [0.29, 0.717) is 0 Å². The molecule has 4 rings (SSSR count). The van der Waals surface area contributed by atoms with Gasteiger partial charge in [0.2, 0.25) is 10.0 Å². The Morgan fingerprint density at radius 2 is 1.52 bits per heavy atom. The van der Waals surface area contributed by atoms with Gasteiger partial charge >= 0.3 is 0 Å². The summed E-state index contributed by atoms with van der Waals surface area (Å²) in [5.41, 5.74) is 6.93. The number of primary sulfonamides is 1. The maximum atomic E-state index is 11.6. The lowest BCUT2D eigenvalue weighted by molar-refractivity contribution is 0.598. The van der Waals surface area contributed by atoms with Gasteiger partial charge in [0.25, 0.3) is 0 Å². The smallest absolute Gasteiger partial charge is 0.233 e. The van der Waals surface area contributed by atoms with Gasteiger partial charge in [0.1, 0.15) is 0 Å². The third kappa shape index (κ3) is 4.82. The van der Waals surface area contributed by atoms with Crippen molar-refractivity contribution in [3.05, 3.63) is 101 Å². The first-order valence-corrected chi connectivity index (χ1v) is 11.4. The third-order valence-electron chi connectivity index (χ3n) is 4.94. The van der Waals surface area contributed by atoms with Crippen molar-refractivity contribution in [1.29, 1.82) is 0 Å². The van der Waals surface area contributed by atoms with E-state index in [9.17, 15) is 8.42 Å². The van der Waals surface area contributed by atoms with E-state index in [0.717, 1.165) is 33.8 Å². The van der Waals surface area contributed by atoms with Gasteiger partial charge in [-0.2, -0.15) is 5.10 Å². The van der Waals surface area contributed by atoms with Crippen LogP contribution in [0.25, 0.3) is 29.1 Å². The van der Waals surface area contributed by atoms with Crippen LogP contribution >= 0.6 is 0 Å². The van der Waals surface area contributed by atoms with E-state index in [1.54, 1.807) is 12.1 Å². The predicted molar refractivity (Wildman–Crippen MR) is 125 cm³/mol. The minimum absolute atomic E-state index is 0.0695. The minimum Gasteiger partial charge on any atom is -0.233 e. The standard InChI is InChI=1S/C25H23N3O2S/c1-18-5-3-7-20(15-18)9-10-22-17-25(21-8-4-6-19(2)16-21)28(27-22)23-11-13-24(14-12-23)31(26,29)30/h3-17H,1-2H3,(H2,26,29,30)/b10-9+. The summed E-state index contributed by atoms with van der Waals surface area (Å²) in [5.74, 6) is 0. The Morgan fingerprint density at radius 3 is 2.16 bits per heavy atom. The molecule has 1 aromatic heterocycles. The molecule has 1 heterocycles. The lowest BCUT2D eigenvalue weighted by Crippen LogP contribution is -2.12. The van der Waals surface area contributed by atoms with E-state index in [-0.39, 0.29) is 4.90 Å². The Bertz CT molecular complexity index is 1370. The molecule has 6 heteroatoms. The average molecular weight is 430 g/mol. The first-order chi connectivity index (χ1) is 14.8. The van der Waals surface area contributed by atoms with E-state index in [1.807, 2.05) is 60.2 Å². The topological polar surface area (TPSA) is 78.0 Å². The van der Waals surface area contributed by atoms with Crippen molar-refractivity contribution in [2.45, 2.75) is 18.7 Å². The summed E-state index contributed by atoms with van der Waals surface area (Å²) < 4.78 is 25.0. The van der Waals surface area contributed by atoms with Gasteiger partial charge in [0, 0.05) is 5.56 Å². The number of aryl methyl sites for hydroxylation is 2. The van der Waals surface area contributed by atoms with Crippen LogP contribution in [-0.4, -0.2) is 18.2 Å². The van der Waals surface area contributed by atoms with Crippen LogP contribution in [0.5, 0.6) is 0 Å². The van der Waals surface area contributed by atoms with Gasteiger partial charge in [0.05, 0.1) is 22.0 Å². The summed E-state index contributed by atoms with van der Waals surface area (Å²) in [6, 6.07) is 24.9. The number of benzene rings is 3. The summed E-state index contributed by atoms with van der Waals surface area (Å²) in [4.78, 5) is 0.0695. The largest absolute Gasteiger partial charge is 0.238 e. The van der Waals surface area contributed by atoms with Crippen LogP contribution in [0, 0.1) is 13.8 Å². The van der Waals surface area contributed by atoms with E-state index in [4.69, 9.17) is 10.2 Å². The lowest BCUT2D eigenvalue weighted by Gasteiger charge is -2.09. The molecule has 2 N–H and O–H groups in total.